The van der Waals surface area contributed by atoms with Crippen molar-refractivity contribution < 1.29 is 14.3 Å². The van der Waals surface area contributed by atoms with E-state index < -0.39 is 5.79 Å². The van der Waals surface area contributed by atoms with Gasteiger partial charge in [0.25, 0.3) is 5.79 Å². The fourth-order valence-electron chi connectivity index (χ4n) is 2.01. The van der Waals surface area contributed by atoms with Crippen molar-refractivity contribution in [3.05, 3.63) is 23.8 Å². The SMILES string of the molecule is CC[C@H]1CO[C@@]2(C=C(C(C)(C)C)C=CC2=O)O1. The maximum absolute atomic E-state index is 12.0. The lowest BCUT2D eigenvalue weighted by molar-refractivity contribution is -0.163. The van der Waals surface area contributed by atoms with Gasteiger partial charge in [0, 0.05) is 0 Å². The topological polar surface area (TPSA) is 35.5 Å². The standard InChI is InChI=1S/C14H20O3/c1-5-11-9-16-14(17-11)8-10(13(2,3)4)6-7-12(14)15/h6-8,11H,5,9H2,1-4H3/t11-,14-/m0/s1. The second kappa shape index (κ2) is 4.07. The summed E-state index contributed by atoms with van der Waals surface area (Å²) >= 11 is 0. The normalized spacial score (nSPS) is 33.3. The molecule has 1 aliphatic heterocycles. The van der Waals surface area contributed by atoms with Crippen molar-refractivity contribution >= 4 is 5.78 Å². The van der Waals surface area contributed by atoms with Gasteiger partial charge < -0.3 is 9.47 Å². The highest BCUT2D eigenvalue weighted by Crippen LogP contribution is 2.37. The molecule has 3 heteroatoms. The van der Waals surface area contributed by atoms with E-state index >= 15 is 0 Å². The Balaban J connectivity index is 2.31. The first-order chi connectivity index (χ1) is 7.87. The summed E-state index contributed by atoms with van der Waals surface area (Å²) in [6.45, 7) is 8.85. The summed E-state index contributed by atoms with van der Waals surface area (Å²) in [5.41, 5.74) is 1.06. The number of hydrogen-bond donors (Lipinski definition) is 0. The van der Waals surface area contributed by atoms with Gasteiger partial charge in [0.15, 0.2) is 0 Å². The number of ketones is 1. The minimum Gasteiger partial charge on any atom is -0.337 e. The van der Waals surface area contributed by atoms with Gasteiger partial charge in [-0.25, -0.2) is 0 Å². The molecule has 2 aliphatic rings. The van der Waals surface area contributed by atoms with E-state index in [1.165, 1.54) is 0 Å². The van der Waals surface area contributed by atoms with E-state index in [1.54, 1.807) is 6.08 Å². The zero-order valence-corrected chi connectivity index (χ0v) is 10.9. The van der Waals surface area contributed by atoms with Crippen LogP contribution in [0, 0.1) is 5.41 Å². The third-order valence-electron chi connectivity index (χ3n) is 3.25. The molecule has 1 fully saturated rings. The van der Waals surface area contributed by atoms with Crippen LogP contribution in [-0.2, 0) is 14.3 Å². The Labute approximate surface area is 102 Å². The molecule has 3 nitrogen and oxygen atoms in total. The van der Waals surface area contributed by atoms with Crippen molar-refractivity contribution in [2.45, 2.75) is 46.0 Å². The molecule has 0 aromatic rings. The monoisotopic (exact) mass is 236 g/mol. The Kier molecular flexibility index (Phi) is 3.00. The summed E-state index contributed by atoms with van der Waals surface area (Å²) in [4.78, 5) is 12.0. The molecule has 0 N–H and O–H groups in total. The molecule has 0 aromatic carbocycles. The quantitative estimate of drug-likeness (QED) is 0.702. The van der Waals surface area contributed by atoms with Crippen molar-refractivity contribution in [2.75, 3.05) is 6.61 Å². The lowest BCUT2D eigenvalue weighted by Crippen LogP contribution is -2.40. The zero-order valence-electron chi connectivity index (χ0n) is 10.9. The Bertz CT molecular complexity index is 387. The van der Waals surface area contributed by atoms with E-state index in [1.807, 2.05) is 19.1 Å². The van der Waals surface area contributed by atoms with E-state index in [4.69, 9.17) is 9.47 Å². The third kappa shape index (κ3) is 2.22. The average Bonchev–Trinajstić information content (AvgIpc) is 2.65. The predicted molar refractivity (Wildman–Crippen MR) is 65.5 cm³/mol. The Morgan fingerprint density at radius 1 is 1.41 bits per heavy atom. The van der Waals surface area contributed by atoms with Crippen molar-refractivity contribution in [1.29, 1.82) is 0 Å². The molecule has 17 heavy (non-hydrogen) atoms. The number of rotatable bonds is 1. The van der Waals surface area contributed by atoms with Gasteiger partial charge in [0.05, 0.1) is 12.7 Å². The molecule has 0 radical (unpaired) electrons. The van der Waals surface area contributed by atoms with Crippen LogP contribution in [0.3, 0.4) is 0 Å². The summed E-state index contributed by atoms with van der Waals surface area (Å²) in [5.74, 6) is -1.26. The van der Waals surface area contributed by atoms with Crippen molar-refractivity contribution in [3.63, 3.8) is 0 Å². The van der Waals surface area contributed by atoms with Crippen LogP contribution in [0.2, 0.25) is 0 Å². The van der Waals surface area contributed by atoms with Gasteiger partial charge in [-0.1, -0.05) is 33.8 Å². The van der Waals surface area contributed by atoms with Crippen LogP contribution in [0.25, 0.3) is 0 Å². The molecule has 0 saturated carbocycles. The van der Waals surface area contributed by atoms with Crippen molar-refractivity contribution in [1.82, 2.24) is 0 Å². The highest BCUT2D eigenvalue weighted by molar-refractivity contribution is 5.99. The largest absolute Gasteiger partial charge is 0.337 e. The van der Waals surface area contributed by atoms with Crippen LogP contribution < -0.4 is 0 Å². The summed E-state index contributed by atoms with van der Waals surface area (Å²) < 4.78 is 11.4. The van der Waals surface area contributed by atoms with E-state index in [9.17, 15) is 4.79 Å². The lowest BCUT2D eigenvalue weighted by atomic mass is 9.82. The fraction of sp³-hybridized carbons (Fsp3) is 0.643. The summed E-state index contributed by atoms with van der Waals surface area (Å²) in [6.07, 6.45) is 6.14. The van der Waals surface area contributed by atoms with Gasteiger partial charge in [-0.05, 0) is 29.6 Å². The van der Waals surface area contributed by atoms with E-state index in [0.29, 0.717) is 6.61 Å². The number of allylic oxidation sites excluding steroid dienone is 2. The van der Waals surface area contributed by atoms with Crippen LogP contribution in [0.5, 0.6) is 0 Å². The van der Waals surface area contributed by atoms with Gasteiger partial charge in [-0.2, -0.15) is 0 Å². The Morgan fingerprint density at radius 3 is 2.65 bits per heavy atom. The van der Waals surface area contributed by atoms with Crippen LogP contribution in [0.15, 0.2) is 23.8 Å². The smallest absolute Gasteiger partial charge is 0.254 e. The molecule has 2 atom stereocenters. The van der Waals surface area contributed by atoms with Crippen molar-refractivity contribution in [3.8, 4) is 0 Å². The van der Waals surface area contributed by atoms with Gasteiger partial charge in [-0.3, -0.25) is 4.79 Å². The van der Waals surface area contributed by atoms with Gasteiger partial charge >= 0.3 is 0 Å². The summed E-state index contributed by atoms with van der Waals surface area (Å²) in [7, 11) is 0. The van der Waals surface area contributed by atoms with E-state index in [2.05, 4.69) is 20.8 Å². The summed E-state index contributed by atoms with van der Waals surface area (Å²) in [6, 6.07) is 0. The number of carbonyl (C=O) groups excluding carboxylic acids is 1. The molecule has 1 heterocycles. The minimum absolute atomic E-state index is 0.0127. The lowest BCUT2D eigenvalue weighted by Gasteiger charge is -2.30. The molecular weight excluding hydrogens is 216 g/mol. The molecule has 1 spiro atoms. The molecule has 0 amide bonds. The molecule has 94 valence electrons. The first kappa shape index (κ1) is 12.5. The molecule has 2 rings (SSSR count). The number of carbonyl (C=O) groups is 1. The second-order valence-corrected chi connectivity index (χ2v) is 5.67. The molecule has 1 saturated heterocycles. The highest BCUT2D eigenvalue weighted by Gasteiger charge is 2.47. The van der Waals surface area contributed by atoms with Crippen LogP contribution >= 0.6 is 0 Å². The third-order valence-corrected chi connectivity index (χ3v) is 3.25. The average molecular weight is 236 g/mol. The van der Waals surface area contributed by atoms with Gasteiger partial charge in [0.2, 0.25) is 5.78 Å². The Hall–Kier alpha value is -0.930. The second-order valence-electron chi connectivity index (χ2n) is 5.67. The first-order valence-electron chi connectivity index (χ1n) is 6.15. The highest BCUT2D eigenvalue weighted by atomic mass is 16.7. The molecule has 0 bridgehead atoms. The maximum atomic E-state index is 12.0. The zero-order chi connectivity index (χ0) is 12.7. The van der Waals surface area contributed by atoms with Gasteiger partial charge in [0.1, 0.15) is 0 Å². The molecule has 1 aliphatic carbocycles. The van der Waals surface area contributed by atoms with Crippen LogP contribution in [0.4, 0.5) is 0 Å². The van der Waals surface area contributed by atoms with Gasteiger partial charge in [-0.15, -0.1) is 0 Å². The minimum atomic E-state index is -1.15. The molecule has 0 aromatic heterocycles. The van der Waals surface area contributed by atoms with E-state index in [0.717, 1.165) is 12.0 Å². The number of ether oxygens (including phenoxy) is 2. The maximum Gasteiger partial charge on any atom is 0.254 e. The van der Waals surface area contributed by atoms with E-state index in [-0.39, 0.29) is 17.3 Å². The molecular formula is C14H20O3. The fourth-order valence-corrected chi connectivity index (χ4v) is 2.01. The van der Waals surface area contributed by atoms with Crippen LogP contribution in [-0.4, -0.2) is 24.3 Å². The summed E-state index contributed by atoms with van der Waals surface area (Å²) in [5, 5.41) is 0. The molecule has 0 unspecified atom stereocenters. The first-order valence-corrected chi connectivity index (χ1v) is 6.15. The number of hydrogen-bond acceptors (Lipinski definition) is 3. The van der Waals surface area contributed by atoms with Crippen LogP contribution in [0.1, 0.15) is 34.1 Å². The van der Waals surface area contributed by atoms with Crippen molar-refractivity contribution in [2.24, 2.45) is 5.41 Å². The predicted octanol–water partition coefficient (Wildman–Crippen LogP) is 2.62. The Morgan fingerprint density at radius 2 is 2.12 bits per heavy atom.